The van der Waals surface area contributed by atoms with Crippen molar-refractivity contribution in [2.24, 2.45) is 5.92 Å². The number of nitrogens with zero attached hydrogens (tertiary/aromatic N) is 4. The third-order valence-corrected chi connectivity index (χ3v) is 2.69. The summed E-state index contributed by atoms with van der Waals surface area (Å²) >= 11 is 0. The van der Waals surface area contributed by atoms with Crippen LogP contribution in [0.25, 0.3) is 0 Å². The molecule has 0 aromatic carbocycles. The summed E-state index contributed by atoms with van der Waals surface area (Å²) in [6, 6.07) is 0. The van der Waals surface area contributed by atoms with Crippen molar-refractivity contribution in [3.8, 4) is 0 Å². The van der Waals surface area contributed by atoms with E-state index < -0.39 is 0 Å². The standard InChI is InChI=1S/C10H14N4O/c1-2-10(15)13-5-3-9(7-13)8-14-6-4-11-12-14/h2,4,6,9H,1,3,5,7-8H2. The number of amides is 1. The van der Waals surface area contributed by atoms with Gasteiger partial charge in [0.05, 0.1) is 6.20 Å². The first kappa shape index (κ1) is 9.89. The summed E-state index contributed by atoms with van der Waals surface area (Å²) < 4.78 is 1.81. The number of hydrogen-bond donors (Lipinski definition) is 0. The molecule has 1 atom stereocenters. The molecular weight excluding hydrogens is 192 g/mol. The molecule has 1 unspecified atom stereocenters. The van der Waals surface area contributed by atoms with E-state index in [0.717, 1.165) is 26.1 Å². The van der Waals surface area contributed by atoms with E-state index in [1.165, 1.54) is 6.08 Å². The lowest BCUT2D eigenvalue weighted by Crippen LogP contribution is -2.27. The molecule has 1 amide bonds. The highest BCUT2D eigenvalue weighted by Crippen LogP contribution is 2.17. The molecule has 5 heteroatoms. The van der Waals surface area contributed by atoms with Gasteiger partial charge in [-0.2, -0.15) is 0 Å². The average Bonchev–Trinajstić information content (AvgIpc) is 2.88. The maximum absolute atomic E-state index is 11.3. The highest BCUT2D eigenvalue weighted by Gasteiger charge is 2.24. The van der Waals surface area contributed by atoms with Gasteiger partial charge in [0.1, 0.15) is 0 Å². The lowest BCUT2D eigenvalue weighted by molar-refractivity contribution is -0.125. The van der Waals surface area contributed by atoms with Crippen molar-refractivity contribution in [1.29, 1.82) is 0 Å². The molecule has 1 aromatic heterocycles. The van der Waals surface area contributed by atoms with Gasteiger partial charge in [-0.25, -0.2) is 0 Å². The van der Waals surface area contributed by atoms with Crippen molar-refractivity contribution >= 4 is 5.91 Å². The van der Waals surface area contributed by atoms with Crippen LogP contribution < -0.4 is 0 Å². The number of likely N-dealkylation sites (tertiary alicyclic amines) is 1. The molecule has 0 aliphatic carbocycles. The summed E-state index contributed by atoms with van der Waals surface area (Å²) in [7, 11) is 0. The number of hydrogen-bond acceptors (Lipinski definition) is 3. The van der Waals surface area contributed by atoms with Gasteiger partial charge in [-0.1, -0.05) is 11.8 Å². The summed E-state index contributed by atoms with van der Waals surface area (Å²) in [6.07, 6.45) is 5.91. The molecule has 1 saturated heterocycles. The molecule has 2 heterocycles. The summed E-state index contributed by atoms with van der Waals surface area (Å²) in [6.45, 7) is 5.94. The smallest absolute Gasteiger partial charge is 0.245 e. The topological polar surface area (TPSA) is 51.0 Å². The van der Waals surface area contributed by atoms with Crippen LogP contribution >= 0.6 is 0 Å². The van der Waals surface area contributed by atoms with Crippen LogP contribution in [0.5, 0.6) is 0 Å². The van der Waals surface area contributed by atoms with Crippen molar-refractivity contribution in [1.82, 2.24) is 19.9 Å². The van der Waals surface area contributed by atoms with E-state index in [0.29, 0.717) is 5.92 Å². The molecule has 0 bridgehead atoms. The van der Waals surface area contributed by atoms with E-state index in [1.807, 2.05) is 15.8 Å². The molecule has 15 heavy (non-hydrogen) atoms. The Morgan fingerprint density at radius 2 is 2.53 bits per heavy atom. The molecule has 2 rings (SSSR count). The van der Waals surface area contributed by atoms with Gasteiger partial charge >= 0.3 is 0 Å². The minimum absolute atomic E-state index is 0.0242. The lowest BCUT2D eigenvalue weighted by Gasteiger charge is -2.13. The molecule has 5 nitrogen and oxygen atoms in total. The molecule has 0 spiro atoms. The average molecular weight is 206 g/mol. The van der Waals surface area contributed by atoms with Crippen molar-refractivity contribution in [3.05, 3.63) is 25.0 Å². The fourth-order valence-corrected chi connectivity index (χ4v) is 1.91. The minimum Gasteiger partial charge on any atom is -0.339 e. The molecule has 1 aromatic rings. The zero-order valence-electron chi connectivity index (χ0n) is 8.54. The molecular formula is C10H14N4O. The summed E-state index contributed by atoms with van der Waals surface area (Å²) in [5, 5.41) is 7.66. The van der Waals surface area contributed by atoms with E-state index in [4.69, 9.17) is 0 Å². The van der Waals surface area contributed by atoms with Crippen LogP contribution in [0.3, 0.4) is 0 Å². The van der Waals surface area contributed by atoms with E-state index in [2.05, 4.69) is 16.9 Å². The van der Waals surface area contributed by atoms with Gasteiger partial charge < -0.3 is 4.90 Å². The Morgan fingerprint density at radius 1 is 1.67 bits per heavy atom. The van der Waals surface area contributed by atoms with E-state index in [-0.39, 0.29) is 5.91 Å². The first-order valence-electron chi connectivity index (χ1n) is 5.05. The maximum atomic E-state index is 11.3. The largest absolute Gasteiger partial charge is 0.339 e. The van der Waals surface area contributed by atoms with E-state index >= 15 is 0 Å². The van der Waals surface area contributed by atoms with Crippen LogP contribution in [0.4, 0.5) is 0 Å². The number of carbonyl (C=O) groups excluding carboxylic acids is 1. The van der Waals surface area contributed by atoms with Gasteiger partial charge in [0.25, 0.3) is 0 Å². The monoisotopic (exact) mass is 206 g/mol. The molecule has 1 aliphatic rings. The second kappa shape index (κ2) is 4.25. The van der Waals surface area contributed by atoms with Gasteiger partial charge in [0, 0.05) is 25.8 Å². The van der Waals surface area contributed by atoms with E-state index in [1.54, 1.807) is 6.20 Å². The Bertz CT molecular complexity index is 346. The van der Waals surface area contributed by atoms with Crippen LogP contribution in [0, 0.1) is 5.92 Å². The van der Waals surface area contributed by atoms with Crippen molar-refractivity contribution < 1.29 is 4.79 Å². The third kappa shape index (κ3) is 2.23. The first-order chi connectivity index (χ1) is 7.29. The Balaban J connectivity index is 1.88. The Hall–Kier alpha value is -1.65. The van der Waals surface area contributed by atoms with Gasteiger partial charge in [0.2, 0.25) is 5.91 Å². The minimum atomic E-state index is 0.0242. The molecule has 0 radical (unpaired) electrons. The molecule has 80 valence electrons. The van der Waals surface area contributed by atoms with Crippen LogP contribution in [-0.4, -0.2) is 38.9 Å². The normalized spacial score (nSPS) is 20.5. The van der Waals surface area contributed by atoms with Crippen LogP contribution in [-0.2, 0) is 11.3 Å². The highest BCUT2D eigenvalue weighted by atomic mass is 16.2. The van der Waals surface area contributed by atoms with Gasteiger partial charge in [-0.3, -0.25) is 9.48 Å². The highest BCUT2D eigenvalue weighted by molar-refractivity contribution is 5.87. The summed E-state index contributed by atoms with van der Waals surface area (Å²) in [4.78, 5) is 13.2. The fraction of sp³-hybridized carbons (Fsp3) is 0.500. The Labute approximate surface area is 88.4 Å². The number of rotatable bonds is 3. The summed E-state index contributed by atoms with van der Waals surface area (Å²) in [5.74, 6) is 0.506. The third-order valence-electron chi connectivity index (χ3n) is 2.69. The molecule has 1 aliphatic heterocycles. The number of carbonyl (C=O) groups is 1. The van der Waals surface area contributed by atoms with E-state index in [9.17, 15) is 4.79 Å². The first-order valence-corrected chi connectivity index (χ1v) is 5.05. The summed E-state index contributed by atoms with van der Waals surface area (Å²) in [5.41, 5.74) is 0. The molecule has 1 fully saturated rings. The Morgan fingerprint density at radius 3 is 3.20 bits per heavy atom. The van der Waals surface area contributed by atoms with Crippen molar-refractivity contribution in [2.75, 3.05) is 13.1 Å². The zero-order chi connectivity index (χ0) is 10.7. The van der Waals surface area contributed by atoms with Crippen LogP contribution in [0.1, 0.15) is 6.42 Å². The predicted octanol–water partition coefficient (Wildman–Crippen LogP) is 0.313. The van der Waals surface area contributed by atoms with Crippen molar-refractivity contribution in [2.45, 2.75) is 13.0 Å². The fourth-order valence-electron chi connectivity index (χ4n) is 1.91. The molecule has 0 saturated carbocycles. The number of aromatic nitrogens is 3. The Kier molecular flexibility index (Phi) is 2.80. The lowest BCUT2D eigenvalue weighted by atomic mass is 10.1. The predicted molar refractivity (Wildman–Crippen MR) is 54.9 cm³/mol. The second-order valence-electron chi connectivity index (χ2n) is 3.77. The molecule has 0 N–H and O–H groups in total. The van der Waals surface area contributed by atoms with Gasteiger partial charge in [0.15, 0.2) is 0 Å². The van der Waals surface area contributed by atoms with Gasteiger partial charge in [-0.15, -0.1) is 5.10 Å². The zero-order valence-corrected chi connectivity index (χ0v) is 8.54. The second-order valence-corrected chi connectivity index (χ2v) is 3.77. The van der Waals surface area contributed by atoms with Gasteiger partial charge in [-0.05, 0) is 18.4 Å². The van der Waals surface area contributed by atoms with Crippen molar-refractivity contribution in [3.63, 3.8) is 0 Å². The SMILES string of the molecule is C=CC(=O)N1CCC(Cn2ccnn2)C1. The van der Waals surface area contributed by atoms with Crippen LogP contribution in [0.15, 0.2) is 25.0 Å². The van der Waals surface area contributed by atoms with Crippen LogP contribution in [0.2, 0.25) is 0 Å². The quantitative estimate of drug-likeness (QED) is 0.669. The maximum Gasteiger partial charge on any atom is 0.245 e.